The van der Waals surface area contributed by atoms with Gasteiger partial charge in [0.05, 0.1) is 6.61 Å². The van der Waals surface area contributed by atoms with Crippen LogP contribution in [0.4, 0.5) is 0 Å². The number of hydrogen-bond donors (Lipinski definition) is 0. The van der Waals surface area contributed by atoms with Crippen molar-refractivity contribution < 1.29 is 17.9 Å². The molecule has 0 aliphatic rings. The summed E-state index contributed by atoms with van der Waals surface area (Å²) in [5, 5.41) is -1.03. The molecule has 0 bridgehead atoms. The summed E-state index contributed by atoms with van der Waals surface area (Å²) in [7, 11) is -3.37. The molecule has 1 aromatic carbocycles. The third-order valence-electron chi connectivity index (χ3n) is 2.44. The Morgan fingerprint density at radius 1 is 1.41 bits per heavy atom. The minimum Gasteiger partial charge on any atom is -0.494 e. The maximum atomic E-state index is 11.9. The first-order valence-electron chi connectivity index (χ1n) is 5.32. The number of benzene rings is 1. The van der Waals surface area contributed by atoms with Crippen molar-refractivity contribution in [2.75, 3.05) is 12.9 Å². The number of rotatable bonds is 5. The van der Waals surface area contributed by atoms with Gasteiger partial charge < -0.3 is 4.74 Å². The van der Waals surface area contributed by atoms with Gasteiger partial charge in [-0.2, -0.15) is 0 Å². The van der Waals surface area contributed by atoms with Crippen LogP contribution in [0.25, 0.3) is 0 Å². The Bertz CT molecular complexity index is 505. The lowest BCUT2D eigenvalue weighted by Crippen LogP contribution is -2.26. The predicted octanol–water partition coefficient (Wildman–Crippen LogP) is 1.70. The van der Waals surface area contributed by atoms with Gasteiger partial charge in [0.1, 0.15) is 11.0 Å². The third-order valence-corrected chi connectivity index (χ3v) is 3.94. The molecule has 0 saturated heterocycles. The molecule has 5 heteroatoms. The van der Waals surface area contributed by atoms with E-state index in [1.807, 2.05) is 6.92 Å². The summed E-state index contributed by atoms with van der Waals surface area (Å²) in [6.07, 6.45) is 1.06. The van der Waals surface area contributed by atoms with Crippen molar-refractivity contribution in [3.05, 3.63) is 29.8 Å². The maximum absolute atomic E-state index is 11.9. The first-order chi connectivity index (χ1) is 7.86. The van der Waals surface area contributed by atoms with E-state index < -0.39 is 20.9 Å². The van der Waals surface area contributed by atoms with Gasteiger partial charge in [0, 0.05) is 11.8 Å². The molecule has 0 amide bonds. The Morgan fingerprint density at radius 3 is 2.59 bits per heavy atom. The quantitative estimate of drug-likeness (QED) is 0.752. The van der Waals surface area contributed by atoms with Gasteiger partial charge in [-0.05, 0) is 26.0 Å². The summed E-state index contributed by atoms with van der Waals surface area (Å²) in [5.41, 5.74) is 0.355. The summed E-state index contributed by atoms with van der Waals surface area (Å²) >= 11 is 0. The lowest BCUT2D eigenvalue weighted by molar-refractivity contribution is 0.0991. The van der Waals surface area contributed by atoms with Crippen LogP contribution < -0.4 is 4.74 Å². The second-order valence-electron chi connectivity index (χ2n) is 3.80. The molecule has 17 heavy (non-hydrogen) atoms. The van der Waals surface area contributed by atoms with E-state index in [2.05, 4.69) is 0 Å². The number of ketones is 1. The smallest absolute Gasteiger partial charge is 0.180 e. The molecule has 94 valence electrons. The number of Topliss-reactive ketones (excluding diaryl/α,β-unsaturated/α-hetero) is 1. The second kappa shape index (κ2) is 5.31. The highest BCUT2D eigenvalue weighted by Gasteiger charge is 2.24. The van der Waals surface area contributed by atoms with Gasteiger partial charge >= 0.3 is 0 Å². The van der Waals surface area contributed by atoms with Crippen LogP contribution in [0.15, 0.2) is 24.3 Å². The Balaban J connectivity index is 3.01. The fourth-order valence-corrected chi connectivity index (χ4v) is 1.86. The van der Waals surface area contributed by atoms with Crippen molar-refractivity contribution >= 4 is 15.6 Å². The topological polar surface area (TPSA) is 60.4 Å². The molecule has 0 heterocycles. The minimum atomic E-state index is -3.37. The average molecular weight is 256 g/mol. The minimum absolute atomic E-state index is 0.355. The van der Waals surface area contributed by atoms with Gasteiger partial charge in [-0.1, -0.05) is 12.1 Å². The number of carbonyl (C=O) groups excluding carboxylic acids is 1. The van der Waals surface area contributed by atoms with E-state index in [0.29, 0.717) is 17.9 Å². The Morgan fingerprint density at radius 2 is 2.06 bits per heavy atom. The molecule has 1 atom stereocenters. The van der Waals surface area contributed by atoms with Gasteiger partial charge in [-0.3, -0.25) is 4.79 Å². The van der Waals surface area contributed by atoms with Crippen LogP contribution in [0, 0.1) is 0 Å². The molecule has 0 aliphatic carbocycles. The molecule has 1 rings (SSSR count). The van der Waals surface area contributed by atoms with E-state index in [1.165, 1.54) is 6.92 Å². The molecule has 0 aliphatic heterocycles. The second-order valence-corrected chi connectivity index (χ2v) is 6.16. The fourth-order valence-electron chi connectivity index (χ4n) is 1.33. The van der Waals surface area contributed by atoms with Crippen molar-refractivity contribution in [1.82, 2.24) is 0 Å². The highest BCUT2D eigenvalue weighted by molar-refractivity contribution is 7.92. The van der Waals surface area contributed by atoms with Crippen molar-refractivity contribution in [3.8, 4) is 5.75 Å². The van der Waals surface area contributed by atoms with Gasteiger partial charge in [0.25, 0.3) is 0 Å². The monoisotopic (exact) mass is 256 g/mol. The zero-order valence-electron chi connectivity index (χ0n) is 10.1. The first-order valence-corrected chi connectivity index (χ1v) is 7.27. The largest absolute Gasteiger partial charge is 0.494 e. The van der Waals surface area contributed by atoms with Crippen molar-refractivity contribution in [2.45, 2.75) is 19.1 Å². The van der Waals surface area contributed by atoms with E-state index in [-0.39, 0.29) is 0 Å². The first kappa shape index (κ1) is 13.7. The number of hydrogen-bond acceptors (Lipinski definition) is 4. The van der Waals surface area contributed by atoms with Gasteiger partial charge in [0.15, 0.2) is 15.6 Å². The number of ether oxygens (including phenoxy) is 1. The Labute approximate surface area is 102 Å². The SMILES string of the molecule is CCOc1cccc(C(=O)C(C)S(C)(=O)=O)c1. The summed E-state index contributed by atoms with van der Waals surface area (Å²) < 4.78 is 27.9. The van der Waals surface area contributed by atoms with Crippen molar-refractivity contribution in [2.24, 2.45) is 0 Å². The fraction of sp³-hybridized carbons (Fsp3) is 0.417. The summed E-state index contributed by atoms with van der Waals surface area (Å²) in [4.78, 5) is 11.9. The molecular formula is C12H16O4S. The molecule has 1 unspecified atom stereocenters. The van der Waals surface area contributed by atoms with Crippen LogP contribution in [0.3, 0.4) is 0 Å². The summed E-state index contributed by atoms with van der Waals surface area (Å²) in [6.45, 7) is 3.73. The van der Waals surface area contributed by atoms with Crippen LogP contribution in [0.1, 0.15) is 24.2 Å². The van der Waals surface area contributed by atoms with Crippen LogP contribution in [-0.2, 0) is 9.84 Å². The number of carbonyl (C=O) groups is 1. The van der Waals surface area contributed by atoms with Crippen LogP contribution in [0.2, 0.25) is 0 Å². The molecule has 0 fully saturated rings. The molecule has 0 N–H and O–H groups in total. The van der Waals surface area contributed by atoms with Crippen LogP contribution >= 0.6 is 0 Å². The van der Waals surface area contributed by atoms with Crippen molar-refractivity contribution in [3.63, 3.8) is 0 Å². The van der Waals surface area contributed by atoms with Crippen molar-refractivity contribution in [1.29, 1.82) is 0 Å². The summed E-state index contributed by atoms with van der Waals surface area (Å²) in [5.74, 6) is 0.160. The predicted molar refractivity (Wildman–Crippen MR) is 66.2 cm³/mol. The van der Waals surface area contributed by atoms with Crippen LogP contribution in [0.5, 0.6) is 5.75 Å². The highest BCUT2D eigenvalue weighted by Crippen LogP contribution is 2.16. The van der Waals surface area contributed by atoms with E-state index in [0.717, 1.165) is 6.26 Å². The molecule has 4 nitrogen and oxygen atoms in total. The molecule has 0 radical (unpaired) electrons. The van der Waals surface area contributed by atoms with Gasteiger partial charge in [-0.15, -0.1) is 0 Å². The number of sulfone groups is 1. The zero-order valence-corrected chi connectivity index (χ0v) is 11.0. The van der Waals surface area contributed by atoms with Gasteiger partial charge in [-0.25, -0.2) is 8.42 Å². The lowest BCUT2D eigenvalue weighted by atomic mass is 10.1. The van der Waals surface area contributed by atoms with E-state index in [9.17, 15) is 13.2 Å². The Hall–Kier alpha value is -1.36. The molecular weight excluding hydrogens is 240 g/mol. The molecule has 0 aromatic heterocycles. The normalized spacial score (nSPS) is 13.1. The van der Waals surface area contributed by atoms with Crippen LogP contribution in [-0.4, -0.2) is 32.3 Å². The standard InChI is InChI=1S/C12H16O4S/c1-4-16-11-7-5-6-10(8-11)12(13)9(2)17(3,14)15/h5-9H,4H2,1-3H3. The summed E-state index contributed by atoms with van der Waals surface area (Å²) in [6, 6.07) is 6.55. The maximum Gasteiger partial charge on any atom is 0.180 e. The van der Waals surface area contributed by atoms with Gasteiger partial charge in [0.2, 0.25) is 0 Å². The molecule has 1 aromatic rings. The molecule has 0 spiro atoms. The molecule has 0 saturated carbocycles. The van der Waals surface area contributed by atoms with E-state index in [4.69, 9.17) is 4.74 Å². The average Bonchev–Trinajstić information content (AvgIpc) is 2.27. The Kier molecular flexibility index (Phi) is 4.28. The third kappa shape index (κ3) is 3.56. The van der Waals surface area contributed by atoms with E-state index >= 15 is 0 Å². The van der Waals surface area contributed by atoms with E-state index in [1.54, 1.807) is 24.3 Å². The lowest BCUT2D eigenvalue weighted by Gasteiger charge is -2.09. The highest BCUT2D eigenvalue weighted by atomic mass is 32.2. The zero-order chi connectivity index (χ0) is 13.1.